The van der Waals surface area contributed by atoms with Gasteiger partial charge in [-0.05, 0) is 24.3 Å². The molecule has 24 heavy (non-hydrogen) atoms. The maximum atomic E-state index is 13.7. The van der Waals surface area contributed by atoms with Gasteiger partial charge in [0.25, 0.3) is 5.91 Å². The highest BCUT2D eigenvalue weighted by molar-refractivity contribution is 9.10. The molecule has 1 aliphatic rings. The molecule has 0 unspecified atom stereocenters. The Morgan fingerprint density at radius 1 is 1.12 bits per heavy atom. The summed E-state index contributed by atoms with van der Waals surface area (Å²) in [6, 6.07) is 12.1. The Balaban J connectivity index is 1.61. The van der Waals surface area contributed by atoms with Gasteiger partial charge in [0.05, 0.1) is 10.6 Å². The molecule has 126 valence electrons. The molecule has 0 spiro atoms. The highest BCUT2D eigenvalue weighted by Gasteiger charge is 2.24. The second-order valence-corrected chi connectivity index (χ2v) is 7.11. The number of rotatable bonds is 3. The zero-order chi connectivity index (χ0) is 17.1. The molecule has 1 fully saturated rings. The molecule has 2 aromatic carbocycles. The van der Waals surface area contributed by atoms with Gasteiger partial charge < -0.3 is 4.90 Å². The average Bonchev–Trinajstić information content (AvgIpc) is 2.59. The molecule has 0 saturated carbocycles. The van der Waals surface area contributed by atoms with Crippen molar-refractivity contribution in [3.05, 3.63) is 68.9 Å². The summed E-state index contributed by atoms with van der Waals surface area (Å²) in [7, 11) is 0. The maximum Gasteiger partial charge on any atom is 0.255 e. The van der Waals surface area contributed by atoms with Gasteiger partial charge >= 0.3 is 0 Å². The van der Waals surface area contributed by atoms with E-state index in [1.54, 1.807) is 29.2 Å². The second kappa shape index (κ2) is 7.64. The van der Waals surface area contributed by atoms with Crippen molar-refractivity contribution in [1.29, 1.82) is 0 Å². The van der Waals surface area contributed by atoms with E-state index in [0.717, 1.165) is 4.47 Å². The van der Waals surface area contributed by atoms with Gasteiger partial charge in [-0.1, -0.05) is 45.7 Å². The Kier molecular flexibility index (Phi) is 5.54. The first-order chi connectivity index (χ1) is 11.5. The van der Waals surface area contributed by atoms with Crippen molar-refractivity contribution in [2.24, 2.45) is 0 Å². The Morgan fingerprint density at radius 2 is 1.83 bits per heavy atom. The van der Waals surface area contributed by atoms with Crippen LogP contribution in [0, 0.1) is 5.82 Å². The number of carbonyl (C=O) groups excluding carboxylic acids is 1. The van der Waals surface area contributed by atoms with Gasteiger partial charge in [0.15, 0.2) is 0 Å². The van der Waals surface area contributed by atoms with Crippen LogP contribution < -0.4 is 0 Å². The molecule has 0 aromatic heterocycles. The summed E-state index contributed by atoms with van der Waals surface area (Å²) in [5, 5.41) is 0.456. The molecule has 0 atom stereocenters. The highest BCUT2D eigenvalue weighted by Crippen LogP contribution is 2.23. The van der Waals surface area contributed by atoms with Gasteiger partial charge in [-0.25, -0.2) is 4.39 Å². The fourth-order valence-corrected chi connectivity index (χ4v) is 3.37. The summed E-state index contributed by atoms with van der Waals surface area (Å²) in [4.78, 5) is 16.6. The zero-order valence-electron chi connectivity index (χ0n) is 13.0. The molecular formula is C18H17BrClFN2O. The van der Waals surface area contributed by atoms with Crippen molar-refractivity contribution in [1.82, 2.24) is 9.80 Å². The molecular weight excluding hydrogens is 395 g/mol. The lowest BCUT2D eigenvalue weighted by Crippen LogP contribution is -2.48. The fourth-order valence-electron chi connectivity index (χ4n) is 2.81. The minimum Gasteiger partial charge on any atom is -0.336 e. The first kappa shape index (κ1) is 17.4. The molecule has 0 N–H and O–H groups in total. The third-order valence-electron chi connectivity index (χ3n) is 4.17. The van der Waals surface area contributed by atoms with E-state index in [1.807, 2.05) is 12.1 Å². The van der Waals surface area contributed by atoms with Gasteiger partial charge in [-0.15, -0.1) is 0 Å². The van der Waals surface area contributed by atoms with Crippen LogP contribution in [0.3, 0.4) is 0 Å². The van der Waals surface area contributed by atoms with Crippen LogP contribution in [0.25, 0.3) is 0 Å². The molecule has 0 aliphatic carbocycles. The molecule has 1 heterocycles. The van der Waals surface area contributed by atoms with Crippen molar-refractivity contribution >= 4 is 33.4 Å². The van der Waals surface area contributed by atoms with Crippen molar-refractivity contribution in [3.8, 4) is 0 Å². The van der Waals surface area contributed by atoms with Crippen molar-refractivity contribution in [2.45, 2.75) is 6.54 Å². The van der Waals surface area contributed by atoms with Gasteiger partial charge in [0.2, 0.25) is 0 Å². The number of halogens is 3. The van der Waals surface area contributed by atoms with E-state index in [-0.39, 0.29) is 11.7 Å². The predicted molar refractivity (Wildman–Crippen MR) is 96.7 cm³/mol. The molecule has 6 heteroatoms. The van der Waals surface area contributed by atoms with E-state index in [0.29, 0.717) is 48.9 Å². The smallest absolute Gasteiger partial charge is 0.255 e. The third-order valence-corrected chi connectivity index (χ3v) is 4.99. The highest BCUT2D eigenvalue weighted by atomic mass is 79.9. The number of hydrogen-bond donors (Lipinski definition) is 0. The number of amides is 1. The van der Waals surface area contributed by atoms with Crippen LogP contribution in [0.15, 0.2) is 46.9 Å². The minimum atomic E-state index is -0.183. The average molecular weight is 412 g/mol. The Bertz CT molecular complexity index is 748. The topological polar surface area (TPSA) is 23.6 Å². The molecule has 3 nitrogen and oxygen atoms in total. The van der Waals surface area contributed by atoms with E-state index in [2.05, 4.69) is 20.8 Å². The quantitative estimate of drug-likeness (QED) is 0.756. The lowest BCUT2D eigenvalue weighted by molar-refractivity contribution is 0.0627. The van der Waals surface area contributed by atoms with E-state index in [4.69, 9.17) is 11.6 Å². The number of hydrogen-bond acceptors (Lipinski definition) is 2. The number of nitrogens with zero attached hydrogens (tertiary/aromatic N) is 2. The predicted octanol–water partition coefficient (Wildman–Crippen LogP) is 4.20. The molecule has 2 aromatic rings. The first-order valence-electron chi connectivity index (χ1n) is 7.74. The lowest BCUT2D eigenvalue weighted by atomic mass is 10.1. The SMILES string of the molecule is O=C(c1cc(Br)ccc1Cl)N1CCN(Cc2ccccc2F)CC1. The van der Waals surface area contributed by atoms with Gasteiger partial charge in [-0.2, -0.15) is 0 Å². The van der Waals surface area contributed by atoms with E-state index < -0.39 is 0 Å². The second-order valence-electron chi connectivity index (χ2n) is 5.78. The number of piperazine rings is 1. The summed E-state index contributed by atoms with van der Waals surface area (Å²) in [6.45, 7) is 3.20. The normalized spacial score (nSPS) is 15.5. The monoisotopic (exact) mass is 410 g/mol. The third kappa shape index (κ3) is 3.97. The summed E-state index contributed by atoms with van der Waals surface area (Å²) >= 11 is 9.51. The van der Waals surface area contributed by atoms with E-state index in [1.165, 1.54) is 6.07 Å². The van der Waals surface area contributed by atoms with Gasteiger partial charge in [0.1, 0.15) is 5.82 Å². The maximum absolute atomic E-state index is 13.7. The van der Waals surface area contributed by atoms with Crippen LogP contribution in [0.1, 0.15) is 15.9 Å². The molecule has 1 amide bonds. The van der Waals surface area contributed by atoms with Gasteiger partial charge in [0, 0.05) is 42.8 Å². The van der Waals surface area contributed by atoms with E-state index in [9.17, 15) is 9.18 Å². The number of carbonyl (C=O) groups is 1. The Hall–Kier alpha value is -1.43. The standard InChI is InChI=1S/C18H17BrClFN2O/c19-14-5-6-16(20)15(11-14)18(24)23-9-7-22(8-10-23)12-13-3-1-2-4-17(13)21/h1-6,11H,7-10,12H2. The Morgan fingerprint density at radius 3 is 2.54 bits per heavy atom. The first-order valence-corrected chi connectivity index (χ1v) is 8.92. The van der Waals surface area contributed by atoms with Crippen LogP contribution in [-0.4, -0.2) is 41.9 Å². The van der Waals surface area contributed by atoms with Crippen LogP contribution >= 0.6 is 27.5 Å². The van der Waals surface area contributed by atoms with E-state index >= 15 is 0 Å². The van der Waals surface area contributed by atoms with Crippen molar-refractivity contribution < 1.29 is 9.18 Å². The fraction of sp³-hybridized carbons (Fsp3) is 0.278. The van der Waals surface area contributed by atoms with Crippen LogP contribution in [0.4, 0.5) is 4.39 Å². The van der Waals surface area contributed by atoms with Crippen LogP contribution in [-0.2, 0) is 6.54 Å². The summed E-state index contributed by atoms with van der Waals surface area (Å²) in [5.41, 5.74) is 1.20. The molecule has 0 bridgehead atoms. The van der Waals surface area contributed by atoms with Crippen molar-refractivity contribution in [2.75, 3.05) is 26.2 Å². The molecule has 0 radical (unpaired) electrons. The largest absolute Gasteiger partial charge is 0.336 e. The Labute approximate surface area is 154 Å². The van der Waals surface area contributed by atoms with Crippen LogP contribution in [0.2, 0.25) is 5.02 Å². The van der Waals surface area contributed by atoms with Crippen LogP contribution in [0.5, 0.6) is 0 Å². The molecule has 3 rings (SSSR count). The summed E-state index contributed by atoms with van der Waals surface area (Å²) < 4.78 is 14.6. The zero-order valence-corrected chi connectivity index (χ0v) is 15.4. The van der Waals surface area contributed by atoms with Gasteiger partial charge in [-0.3, -0.25) is 9.69 Å². The lowest BCUT2D eigenvalue weighted by Gasteiger charge is -2.35. The number of benzene rings is 2. The summed E-state index contributed by atoms with van der Waals surface area (Å²) in [6.07, 6.45) is 0. The molecule has 1 aliphatic heterocycles. The summed E-state index contributed by atoms with van der Waals surface area (Å²) in [5.74, 6) is -0.247. The van der Waals surface area contributed by atoms with Crippen molar-refractivity contribution in [3.63, 3.8) is 0 Å². The molecule has 1 saturated heterocycles. The minimum absolute atomic E-state index is 0.0631.